The van der Waals surface area contributed by atoms with Crippen LogP contribution in [0, 0.1) is 5.82 Å². The molecule has 0 atom stereocenters. The molecule has 0 fully saturated rings. The Morgan fingerprint density at radius 1 is 1.03 bits per heavy atom. The van der Waals surface area contributed by atoms with Crippen molar-refractivity contribution in [2.24, 2.45) is 0 Å². The number of H-pyrrole nitrogens is 1. The Bertz CT molecular complexity index is 1290. The van der Waals surface area contributed by atoms with Crippen LogP contribution in [-0.4, -0.2) is 10.9 Å². The number of carbonyl (C=O) groups excluding carboxylic acids is 1. The minimum Gasteiger partial charge on any atom is -0.456 e. The number of aromatic nitrogens is 1. The first-order valence-corrected chi connectivity index (χ1v) is 10.4. The number of rotatable bonds is 4. The third-order valence-electron chi connectivity index (χ3n) is 5.31. The van der Waals surface area contributed by atoms with E-state index in [1.54, 1.807) is 0 Å². The summed E-state index contributed by atoms with van der Waals surface area (Å²) >= 11 is 5.84. The van der Waals surface area contributed by atoms with Crippen molar-refractivity contribution in [3.05, 3.63) is 86.0 Å². The third kappa shape index (κ3) is 4.88. The van der Waals surface area contributed by atoms with Gasteiger partial charge in [0.05, 0.1) is 16.1 Å². The summed E-state index contributed by atoms with van der Waals surface area (Å²) in [6, 6.07) is 6.55. The minimum absolute atomic E-state index is 0.130. The summed E-state index contributed by atoms with van der Waals surface area (Å²) in [6.07, 6.45) is -0.939. The molecule has 5 nitrogen and oxygen atoms in total. The number of alkyl halides is 3. The molecule has 1 aromatic heterocycles. The van der Waals surface area contributed by atoms with E-state index in [-0.39, 0.29) is 17.0 Å². The van der Waals surface area contributed by atoms with Crippen LogP contribution in [0.25, 0.3) is 0 Å². The van der Waals surface area contributed by atoms with Crippen molar-refractivity contribution in [2.45, 2.75) is 31.9 Å². The molecule has 33 heavy (non-hydrogen) atoms. The summed E-state index contributed by atoms with van der Waals surface area (Å²) in [5, 5.41) is 1.76. The molecule has 1 aliphatic carbocycles. The van der Waals surface area contributed by atoms with Gasteiger partial charge in [0.25, 0.3) is 5.91 Å². The predicted molar refractivity (Wildman–Crippen MR) is 115 cm³/mol. The second-order valence-electron chi connectivity index (χ2n) is 7.53. The molecule has 0 radical (unpaired) electrons. The molecular formula is C23H17ClF4N2O3. The number of nitrogens with one attached hydrogen (secondary N) is 2. The molecule has 0 spiro atoms. The van der Waals surface area contributed by atoms with Gasteiger partial charge in [-0.3, -0.25) is 9.59 Å². The number of anilines is 1. The summed E-state index contributed by atoms with van der Waals surface area (Å²) in [7, 11) is 0. The molecule has 3 aromatic rings. The van der Waals surface area contributed by atoms with Crippen LogP contribution in [0.1, 0.15) is 39.9 Å². The first kappa shape index (κ1) is 22.8. The van der Waals surface area contributed by atoms with Gasteiger partial charge in [-0.15, -0.1) is 0 Å². The van der Waals surface area contributed by atoms with Crippen molar-refractivity contribution in [3.63, 3.8) is 0 Å². The molecule has 2 aromatic carbocycles. The lowest BCUT2D eigenvalue weighted by Gasteiger charge is -2.21. The van der Waals surface area contributed by atoms with E-state index in [0.717, 1.165) is 25.0 Å². The Kier molecular flexibility index (Phi) is 6.16. The molecule has 0 unspecified atom stereocenters. The highest BCUT2D eigenvalue weighted by atomic mass is 35.5. The maximum absolute atomic E-state index is 14.2. The van der Waals surface area contributed by atoms with Gasteiger partial charge >= 0.3 is 6.18 Å². The van der Waals surface area contributed by atoms with Crippen LogP contribution in [-0.2, 0) is 19.0 Å². The first-order chi connectivity index (χ1) is 15.6. The molecular weight excluding hydrogens is 464 g/mol. The average molecular weight is 481 g/mol. The number of carbonyl (C=O) groups is 1. The Morgan fingerprint density at radius 3 is 2.45 bits per heavy atom. The Morgan fingerprint density at radius 2 is 1.76 bits per heavy atom. The van der Waals surface area contributed by atoms with Crippen molar-refractivity contribution in [3.8, 4) is 11.5 Å². The van der Waals surface area contributed by atoms with Crippen LogP contribution >= 0.6 is 11.6 Å². The number of hydrogen-bond acceptors (Lipinski definition) is 3. The number of hydrogen-bond donors (Lipinski definition) is 2. The van der Waals surface area contributed by atoms with Crippen LogP contribution in [0.15, 0.2) is 47.4 Å². The summed E-state index contributed by atoms with van der Waals surface area (Å²) in [4.78, 5) is 26.8. The number of pyridine rings is 1. The van der Waals surface area contributed by atoms with E-state index in [2.05, 4.69) is 10.3 Å². The van der Waals surface area contributed by atoms with E-state index in [1.807, 2.05) is 0 Å². The Labute approximate surface area is 190 Å². The van der Waals surface area contributed by atoms with E-state index in [1.165, 1.54) is 24.4 Å². The van der Waals surface area contributed by atoms with Gasteiger partial charge in [0, 0.05) is 23.5 Å². The largest absolute Gasteiger partial charge is 0.456 e. The maximum atomic E-state index is 14.2. The topological polar surface area (TPSA) is 71.2 Å². The van der Waals surface area contributed by atoms with E-state index in [9.17, 15) is 27.2 Å². The molecule has 1 aliphatic rings. The lowest BCUT2D eigenvalue weighted by Crippen LogP contribution is -2.17. The summed E-state index contributed by atoms with van der Waals surface area (Å²) < 4.78 is 60.5. The second-order valence-corrected chi connectivity index (χ2v) is 7.94. The molecule has 0 aliphatic heterocycles. The van der Waals surface area contributed by atoms with Gasteiger partial charge in [-0.05, 0) is 61.6 Å². The third-order valence-corrected chi connectivity index (χ3v) is 5.62. The van der Waals surface area contributed by atoms with Gasteiger partial charge in [0.2, 0.25) is 5.56 Å². The number of benzene rings is 2. The zero-order valence-corrected chi connectivity index (χ0v) is 17.7. The van der Waals surface area contributed by atoms with Crippen molar-refractivity contribution in [1.29, 1.82) is 0 Å². The Hall–Kier alpha value is -3.33. The van der Waals surface area contributed by atoms with Gasteiger partial charge in [0.1, 0.15) is 17.3 Å². The van der Waals surface area contributed by atoms with Crippen molar-refractivity contribution in [1.82, 2.24) is 4.98 Å². The van der Waals surface area contributed by atoms with Crippen molar-refractivity contribution >= 4 is 23.2 Å². The zero-order chi connectivity index (χ0) is 23.8. The minimum atomic E-state index is -4.79. The molecule has 2 N–H and O–H groups in total. The van der Waals surface area contributed by atoms with Crippen LogP contribution in [0.4, 0.5) is 23.2 Å². The molecule has 172 valence electrons. The number of amides is 1. The van der Waals surface area contributed by atoms with Gasteiger partial charge in [-0.1, -0.05) is 11.6 Å². The average Bonchev–Trinajstić information content (AvgIpc) is 2.76. The van der Waals surface area contributed by atoms with Crippen molar-refractivity contribution < 1.29 is 27.1 Å². The van der Waals surface area contributed by atoms with Crippen molar-refractivity contribution in [2.75, 3.05) is 5.32 Å². The molecule has 1 heterocycles. The zero-order valence-electron chi connectivity index (χ0n) is 17.0. The first-order valence-electron chi connectivity index (χ1n) is 10.0. The summed E-state index contributed by atoms with van der Waals surface area (Å²) in [5.74, 6) is -1.46. The highest BCUT2D eigenvalue weighted by Gasteiger charge is 2.35. The number of ether oxygens (including phenoxy) is 1. The summed E-state index contributed by atoms with van der Waals surface area (Å²) in [5.41, 5.74) is -0.786. The monoisotopic (exact) mass is 480 g/mol. The lowest BCUT2D eigenvalue weighted by atomic mass is 9.90. The predicted octanol–water partition coefficient (Wildman–Crippen LogP) is 6.11. The molecule has 10 heteroatoms. The maximum Gasteiger partial charge on any atom is 0.417 e. The molecule has 0 saturated carbocycles. The van der Waals surface area contributed by atoms with Gasteiger partial charge in [-0.2, -0.15) is 13.2 Å². The molecule has 0 saturated heterocycles. The normalized spacial score (nSPS) is 13.4. The fourth-order valence-electron chi connectivity index (χ4n) is 3.76. The number of halogens is 5. The second kappa shape index (κ2) is 8.90. The van der Waals surface area contributed by atoms with E-state index >= 15 is 0 Å². The van der Waals surface area contributed by atoms with Gasteiger partial charge < -0.3 is 15.0 Å². The van der Waals surface area contributed by atoms with Crippen LogP contribution < -0.4 is 15.6 Å². The molecule has 0 bridgehead atoms. The van der Waals surface area contributed by atoms with Crippen LogP contribution in [0.3, 0.4) is 0 Å². The lowest BCUT2D eigenvalue weighted by molar-refractivity contribution is -0.137. The van der Waals surface area contributed by atoms with Gasteiger partial charge in [0.15, 0.2) is 0 Å². The quantitative estimate of drug-likeness (QED) is 0.443. The van der Waals surface area contributed by atoms with Crippen LogP contribution in [0.2, 0.25) is 5.02 Å². The molecule has 1 amide bonds. The smallest absolute Gasteiger partial charge is 0.417 e. The summed E-state index contributed by atoms with van der Waals surface area (Å²) in [6.45, 7) is 0. The molecule has 4 rings (SSSR count). The standard InChI is InChI=1S/C23H17ClF4N2O3/c24-17-10-15(22(32)30-12-7-8-29-21(31)9-12)20(11-16(17)23(26,27)28)33-19-6-5-18(25)13-3-1-2-4-14(13)19/h5-11H,1-4H2,(H2,29,30,31,32). The van der Waals surface area contributed by atoms with E-state index in [4.69, 9.17) is 16.3 Å². The fraction of sp³-hybridized carbons (Fsp3) is 0.217. The van der Waals surface area contributed by atoms with E-state index < -0.39 is 39.8 Å². The SMILES string of the molecule is O=C(Nc1cc[nH]c(=O)c1)c1cc(Cl)c(C(F)(F)F)cc1Oc1ccc(F)c2c1CCCC2. The van der Waals surface area contributed by atoms with E-state index in [0.29, 0.717) is 30.0 Å². The highest BCUT2D eigenvalue weighted by molar-refractivity contribution is 6.32. The van der Waals surface area contributed by atoms with Gasteiger partial charge in [-0.25, -0.2) is 4.39 Å². The Balaban J connectivity index is 1.79. The highest BCUT2D eigenvalue weighted by Crippen LogP contribution is 2.41. The number of fused-ring (bicyclic) bond motifs is 1. The fourth-order valence-corrected chi connectivity index (χ4v) is 4.03. The number of aromatic amines is 1. The van der Waals surface area contributed by atoms with Crippen LogP contribution in [0.5, 0.6) is 11.5 Å².